The van der Waals surface area contributed by atoms with Crippen LogP contribution in [-0.2, 0) is 33.2 Å². The van der Waals surface area contributed by atoms with Crippen LogP contribution in [0.4, 0.5) is 0 Å². The molecule has 1 N–H and O–H groups in total. The van der Waals surface area contributed by atoms with Gasteiger partial charge in [-0.25, -0.2) is 0 Å². The van der Waals surface area contributed by atoms with Crippen molar-refractivity contribution < 1.29 is 38.3 Å². The summed E-state index contributed by atoms with van der Waals surface area (Å²) in [4.78, 5) is 0. The van der Waals surface area contributed by atoms with Gasteiger partial charge in [0.05, 0.1) is 78.4 Å². The summed E-state index contributed by atoms with van der Waals surface area (Å²) in [5.41, 5.74) is 0. The second kappa shape index (κ2) is 23.7. The van der Waals surface area contributed by atoms with E-state index in [9.17, 15) is 5.11 Å². The fraction of sp³-hybridized carbons (Fsp3) is 0.760. The monoisotopic (exact) mass is 472 g/mol. The van der Waals surface area contributed by atoms with E-state index in [1.54, 1.807) is 12.2 Å². The summed E-state index contributed by atoms with van der Waals surface area (Å²) in [6.45, 7) is 9.50. The van der Waals surface area contributed by atoms with Gasteiger partial charge >= 0.3 is 0 Å². The van der Waals surface area contributed by atoms with E-state index in [1.807, 2.05) is 12.2 Å². The largest absolute Gasteiger partial charge is 0.512 e. The van der Waals surface area contributed by atoms with Crippen molar-refractivity contribution in [2.24, 2.45) is 0 Å². The van der Waals surface area contributed by atoms with Crippen LogP contribution < -0.4 is 0 Å². The van der Waals surface area contributed by atoms with E-state index in [0.29, 0.717) is 97.2 Å². The first-order valence-corrected chi connectivity index (χ1v) is 12.2. The van der Waals surface area contributed by atoms with Crippen LogP contribution in [-0.4, -0.2) is 91.0 Å². The standard InChI is InChI=1S/C25H44O8/c1-2-3-4-5-11-27-12-13-28-14-15-29-16-17-30-18-19-31-20-21-32-22-23-33-25-8-6-7-24(26)9-10-25/h6,8-10,26H,2-5,7,11-23H2,1H3. The third-order valence-corrected chi connectivity index (χ3v) is 4.55. The Morgan fingerprint density at radius 3 is 1.61 bits per heavy atom. The first kappa shape index (κ1) is 29.6. The van der Waals surface area contributed by atoms with Gasteiger partial charge in [0.1, 0.15) is 12.4 Å². The summed E-state index contributed by atoms with van der Waals surface area (Å²) < 4.78 is 38.4. The molecule has 1 aliphatic carbocycles. The molecule has 0 heterocycles. The lowest BCUT2D eigenvalue weighted by atomic mass is 10.2. The molecule has 0 saturated heterocycles. The van der Waals surface area contributed by atoms with Gasteiger partial charge in [-0.2, -0.15) is 0 Å². The highest BCUT2D eigenvalue weighted by molar-refractivity contribution is 5.24. The Hall–Kier alpha value is -1.42. The molecule has 0 bridgehead atoms. The fourth-order valence-electron chi connectivity index (χ4n) is 2.74. The summed E-state index contributed by atoms with van der Waals surface area (Å²) >= 11 is 0. The molecule has 0 fully saturated rings. The molecular weight excluding hydrogens is 428 g/mol. The van der Waals surface area contributed by atoms with Crippen molar-refractivity contribution in [2.45, 2.75) is 39.0 Å². The average Bonchev–Trinajstić information content (AvgIpc) is 3.03. The Kier molecular flexibility index (Phi) is 21.3. The van der Waals surface area contributed by atoms with Gasteiger partial charge in [-0.3, -0.25) is 0 Å². The summed E-state index contributed by atoms with van der Waals surface area (Å²) in [5.74, 6) is 1.04. The minimum atomic E-state index is 0.324. The molecule has 0 amide bonds. The number of unbranched alkanes of at least 4 members (excludes halogenated alkanes) is 3. The van der Waals surface area contributed by atoms with E-state index in [2.05, 4.69) is 6.92 Å². The normalized spacial score (nSPS) is 13.6. The van der Waals surface area contributed by atoms with Crippen LogP contribution in [0, 0.1) is 0 Å². The predicted octanol–water partition coefficient (Wildman–Crippen LogP) is 3.97. The first-order valence-electron chi connectivity index (χ1n) is 12.2. The molecular formula is C25H44O8. The molecule has 0 radical (unpaired) electrons. The van der Waals surface area contributed by atoms with Crippen molar-refractivity contribution in [3.63, 3.8) is 0 Å². The fourth-order valence-corrected chi connectivity index (χ4v) is 2.74. The number of aliphatic hydroxyl groups is 1. The van der Waals surface area contributed by atoms with Gasteiger partial charge < -0.3 is 38.3 Å². The molecule has 8 heteroatoms. The maximum absolute atomic E-state index is 9.41. The Morgan fingerprint density at radius 2 is 1.09 bits per heavy atom. The lowest BCUT2D eigenvalue weighted by Crippen LogP contribution is -2.14. The van der Waals surface area contributed by atoms with E-state index < -0.39 is 0 Å². The van der Waals surface area contributed by atoms with Crippen molar-refractivity contribution >= 4 is 0 Å². The lowest BCUT2D eigenvalue weighted by molar-refractivity contribution is -0.0187. The van der Waals surface area contributed by atoms with Crippen LogP contribution in [0.1, 0.15) is 39.0 Å². The van der Waals surface area contributed by atoms with Crippen molar-refractivity contribution in [3.05, 3.63) is 35.8 Å². The predicted molar refractivity (Wildman–Crippen MR) is 128 cm³/mol. The number of rotatable bonds is 24. The molecule has 1 aliphatic rings. The minimum Gasteiger partial charge on any atom is -0.512 e. The third kappa shape index (κ3) is 20.9. The van der Waals surface area contributed by atoms with Gasteiger partial charge in [-0.15, -0.1) is 0 Å². The molecule has 0 spiro atoms. The number of ether oxygens (including phenoxy) is 7. The molecule has 8 nitrogen and oxygen atoms in total. The number of aliphatic hydroxyl groups excluding tert-OH is 1. The van der Waals surface area contributed by atoms with Gasteiger partial charge in [-0.1, -0.05) is 32.3 Å². The van der Waals surface area contributed by atoms with E-state index in [0.717, 1.165) is 13.0 Å². The van der Waals surface area contributed by atoms with Crippen LogP contribution in [0.2, 0.25) is 0 Å². The van der Waals surface area contributed by atoms with Gasteiger partial charge in [0.2, 0.25) is 0 Å². The van der Waals surface area contributed by atoms with Crippen LogP contribution in [0.15, 0.2) is 35.8 Å². The van der Waals surface area contributed by atoms with E-state index in [1.165, 1.54) is 19.3 Å². The van der Waals surface area contributed by atoms with Crippen LogP contribution in [0.5, 0.6) is 0 Å². The summed E-state index contributed by atoms with van der Waals surface area (Å²) in [6.07, 6.45) is 12.5. The summed E-state index contributed by atoms with van der Waals surface area (Å²) in [6, 6.07) is 0. The zero-order chi connectivity index (χ0) is 23.7. The van der Waals surface area contributed by atoms with Crippen LogP contribution in [0.25, 0.3) is 0 Å². The zero-order valence-electron chi connectivity index (χ0n) is 20.3. The molecule has 192 valence electrons. The topological polar surface area (TPSA) is 84.8 Å². The zero-order valence-corrected chi connectivity index (χ0v) is 20.3. The Balaban J connectivity index is 1.69. The number of allylic oxidation sites excluding steroid dienone is 4. The second-order valence-electron chi connectivity index (χ2n) is 7.42. The van der Waals surface area contributed by atoms with Crippen molar-refractivity contribution in [2.75, 3.05) is 85.9 Å². The molecule has 0 aliphatic heterocycles. The lowest BCUT2D eigenvalue weighted by Gasteiger charge is -2.09. The minimum absolute atomic E-state index is 0.324. The highest BCUT2D eigenvalue weighted by Gasteiger charge is 1.99. The van der Waals surface area contributed by atoms with Crippen molar-refractivity contribution in [1.29, 1.82) is 0 Å². The molecule has 0 atom stereocenters. The van der Waals surface area contributed by atoms with Gasteiger partial charge in [0.25, 0.3) is 0 Å². The molecule has 0 aromatic heterocycles. The van der Waals surface area contributed by atoms with Gasteiger partial charge in [-0.05, 0) is 24.6 Å². The molecule has 0 aromatic rings. The second-order valence-corrected chi connectivity index (χ2v) is 7.42. The van der Waals surface area contributed by atoms with Crippen molar-refractivity contribution in [3.8, 4) is 0 Å². The maximum atomic E-state index is 9.41. The highest BCUT2D eigenvalue weighted by Crippen LogP contribution is 2.09. The van der Waals surface area contributed by atoms with E-state index >= 15 is 0 Å². The number of hydrogen-bond acceptors (Lipinski definition) is 8. The van der Waals surface area contributed by atoms with E-state index in [-0.39, 0.29) is 0 Å². The molecule has 1 rings (SSSR count). The Labute approximate surface area is 199 Å². The quantitative estimate of drug-likeness (QED) is 0.211. The van der Waals surface area contributed by atoms with Crippen LogP contribution in [0.3, 0.4) is 0 Å². The van der Waals surface area contributed by atoms with E-state index in [4.69, 9.17) is 33.2 Å². The van der Waals surface area contributed by atoms with Crippen molar-refractivity contribution in [1.82, 2.24) is 0 Å². The maximum Gasteiger partial charge on any atom is 0.119 e. The molecule has 0 aromatic carbocycles. The van der Waals surface area contributed by atoms with Crippen LogP contribution >= 0.6 is 0 Å². The van der Waals surface area contributed by atoms with Gasteiger partial charge in [0, 0.05) is 13.0 Å². The van der Waals surface area contributed by atoms with Gasteiger partial charge in [0.15, 0.2) is 0 Å². The highest BCUT2D eigenvalue weighted by atomic mass is 16.6. The first-order chi connectivity index (χ1) is 16.3. The molecule has 33 heavy (non-hydrogen) atoms. The summed E-state index contributed by atoms with van der Waals surface area (Å²) in [7, 11) is 0. The molecule has 0 saturated carbocycles. The average molecular weight is 473 g/mol. The summed E-state index contributed by atoms with van der Waals surface area (Å²) in [5, 5.41) is 9.41. The Morgan fingerprint density at radius 1 is 0.606 bits per heavy atom. The number of hydrogen-bond donors (Lipinski definition) is 1. The smallest absolute Gasteiger partial charge is 0.119 e. The Bertz CT molecular complexity index is 519. The third-order valence-electron chi connectivity index (χ3n) is 4.55. The molecule has 0 unspecified atom stereocenters. The SMILES string of the molecule is CCCCCCOCCOCCOCCOCCOCCOCCOC1=CC=C(O)CC=C1.